The number of hydrogen-bond donors (Lipinski definition) is 0. The van der Waals surface area contributed by atoms with E-state index in [1.165, 1.54) is 5.84 Å². The molecular weight excluding hydrogens is 334 g/mol. The van der Waals surface area contributed by atoms with Crippen LogP contribution in [0.4, 0.5) is 0 Å². The fourth-order valence-corrected chi connectivity index (χ4v) is 4.86. The zero-order chi connectivity index (χ0) is 20.2. The molecule has 4 nitrogen and oxygen atoms in total. The first kappa shape index (κ1) is 20.9. The molecule has 2 fully saturated rings. The van der Waals surface area contributed by atoms with E-state index in [1.807, 2.05) is 0 Å². The van der Waals surface area contributed by atoms with Crippen LogP contribution >= 0.6 is 0 Å². The molecule has 2 unspecified atom stereocenters. The highest BCUT2D eigenvalue weighted by molar-refractivity contribution is 5.90. The maximum absolute atomic E-state index is 5.60. The van der Waals surface area contributed by atoms with Gasteiger partial charge in [0.1, 0.15) is 5.84 Å². The summed E-state index contributed by atoms with van der Waals surface area (Å²) in [6.45, 7) is 26.0. The number of morpholine rings is 1. The van der Waals surface area contributed by atoms with Crippen LogP contribution in [0.2, 0.25) is 0 Å². The number of rotatable bonds is 1. The molecule has 0 amide bonds. The molecule has 2 saturated heterocycles. The van der Waals surface area contributed by atoms with Crippen LogP contribution in [0.15, 0.2) is 16.3 Å². The van der Waals surface area contributed by atoms with Gasteiger partial charge in [-0.1, -0.05) is 62.3 Å². The third-order valence-electron chi connectivity index (χ3n) is 6.10. The Hall–Kier alpha value is -0.870. The maximum atomic E-state index is 5.60. The molecule has 0 aromatic heterocycles. The minimum absolute atomic E-state index is 0.0536. The molecule has 0 aliphatic carbocycles. The highest BCUT2D eigenvalue weighted by Gasteiger charge is 2.47. The van der Waals surface area contributed by atoms with Gasteiger partial charge in [0.15, 0.2) is 0 Å². The summed E-state index contributed by atoms with van der Waals surface area (Å²) in [5, 5.41) is 0. The second-order valence-electron chi connectivity index (χ2n) is 11.7. The SMILES string of the molecule is CC(C)(C)C1=NC(C(C)(C)C)C(C(C)(C)C)=C2CC(N3CCOCC3)CN12. The minimum atomic E-state index is 0.0536. The monoisotopic (exact) mass is 375 g/mol. The van der Waals surface area contributed by atoms with Gasteiger partial charge in [-0.3, -0.25) is 9.89 Å². The summed E-state index contributed by atoms with van der Waals surface area (Å²) in [6.07, 6.45) is 1.15. The molecule has 2 atom stereocenters. The van der Waals surface area contributed by atoms with Gasteiger partial charge in [0.2, 0.25) is 0 Å². The molecule has 0 spiro atoms. The maximum Gasteiger partial charge on any atom is 0.109 e. The minimum Gasteiger partial charge on any atom is -0.379 e. The van der Waals surface area contributed by atoms with Gasteiger partial charge in [0.05, 0.1) is 19.3 Å². The first-order valence-electron chi connectivity index (χ1n) is 10.7. The van der Waals surface area contributed by atoms with Crippen LogP contribution in [0.25, 0.3) is 0 Å². The van der Waals surface area contributed by atoms with E-state index in [-0.39, 0.29) is 22.3 Å². The van der Waals surface area contributed by atoms with Crippen LogP contribution in [0, 0.1) is 16.2 Å². The van der Waals surface area contributed by atoms with Crippen LogP contribution in [0.1, 0.15) is 68.7 Å². The number of nitrogens with zero attached hydrogens (tertiary/aromatic N) is 3. The first-order chi connectivity index (χ1) is 12.3. The van der Waals surface area contributed by atoms with Crippen LogP contribution in [-0.2, 0) is 4.74 Å². The van der Waals surface area contributed by atoms with Gasteiger partial charge in [0.25, 0.3) is 0 Å². The number of fused-ring (bicyclic) bond motifs is 1. The van der Waals surface area contributed by atoms with E-state index in [4.69, 9.17) is 9.73 Å². The Balaban J connectivity index is 2.08. The van der Waals surface area contributed by atoms with Crippen molar-refractivity contribution >= 4 is 5.84 Å². The van der Waals surface area contributed by atoms with E-state index < -0.39 is 0 Å². The average molecular weight is 376 g/mol. The zero-order valence-corrected chi connectivity index (χ0v) is 19.1. The van der Waals surface area contributed by atoms with Crippen molar-refractivity contribution in [3.63, 3.8) is 0 Å². The Morgan fingerprint density at radius 3 is 1.96 bits per heavy atom. The van der Waals surface area contributed by atoms with Gasteiger partial charge in [0, 0.05) is 43.2 Å². The van der Waals surface area contributed by atoms with E-state index in [9.17, 15) is 0 Å². The van der Waals surface area contributed by atoms with Crippen LogP contribution in [-0.4, -0.2) is 60.6 Å². The van der Waals surface area contributed by atoms with E-state index >= 15 is 0 Å². The van der Waals surface area contributed by atoms with Gasteiger partial charge >= 0.3 is 0 Å². The lowest BCUT2D eigenvalue weighted by atomic mass is 9.70. The molecule has 154 valence electrons. The highest BCUT2D eigenvalue weighted by Crippen LogP contribution is 2.47. The molecule has 0 aromatic rings. The molecule has 0 radical (unpaired) electrons. The van der Waals surface area contributed by atoms with Crippen molar-refractivity contribution in [3.05, 3.63) is 11.3 Å². The van der Waals surface area contributed by atoms with Crippen molar-refractivity contribution in [2.24, 2.45) is 21.2 Å². The van der Waals surface area contributed by atoms with Gasteiger partial charge in [-0.05, 0) is 16.4 Å². The van der Waals surface area contributed by atoms with Crippen molar-refractivity contribution in [3.8, 4) is 0 Å². The predicted molar refractivity (Wildman–Crippen MR) is 114 cm³/mol. The third kappa shape index (κ3) is 4.12. The summed E-state index contributed by atoms with van der Waals surface area (Å²) in [5.74, 6) is 1.28. The number of ether oxygens (including phenoxy) is 1. The lowest BCUT2D eigenvalue weighted by molar-refractivity contribution is 0.0195. The van der Waals surface area contributed by atoms with Gasteiger partial charge in [-0.2, -0.15) is 0 Å². The Morgan fingerprint density at radius 2 is 1.48 bits per heavy atom. The summed E-state index contributed by atoms with van der Waals surface area (Å²) >= 11 is 0. The zero-order valence-electron chi connectivity index (χ0n) is 19.1. The number of hydrogen-bond acceptors (Lipinski definition) is 4. The molecule has 3 aliphatic heterocycles. The molecule has 4 heteroatoms. The molecule has 3 rings (SSSR count). The first-order valence-corrected chi connectivity index (χ1v) is 10.7. The average Bonchev–Trinajstić information content (AvgIpc) is 2.95. The quantitative estimate of drug-likeness (QED) is 0.672. The summed E-state index contributed by atoms with van der Waals surface area (Å²) in [4.78, 5) is 10.7. The molecule has 27 heavy (non-hydrogen) atoms. The fraction of sp³-hybridized carbons (Fsp3) is 0.870. The van der Waals surface area contributed by atoms with Crippen LogP contribution in [0.5, 0.6) is 0 Å². The van der Waals surface area contributed by atoms with Crippen molar-refractivity contribution in [1.82, 2.24) is 9.80 Å². The third-order valence-corrected chi connectivity index (χ3v) is 6.10. The highest BCUT2D eigenvalue weighted by atomic mass is 16.5. The normalized spacial score (nSPS) is 28.5. The second-order valence-corrected chi connectivity index (χ2v) is 11.7. The van der Waals surface area contributed by atoms with Crippen molar-refractivity contribution in [2.45, 2.75) is 80.8 Å². The predicted octanol–water partition coefficient (Wildman–Crippen LogP) is 4.57. The summed E-state index contributed by atoms with van der Waals surface area (Å²) in [7, 11) is 0. The van der Waals surface area contributed by atoms with Crippen molar-refractivity contribution < 1.29 is 4.74 Å². The number of amidine groups is 1. The van der Waals surface area contributed by atoms with E-state index in [0.717, 1.165) is 39.3 Å². The molecule has 0 saturated carbocycles. The molecular formula is C23H41N3O. The lowest BCUT2D eigenvalue weighted by Crippen LogP contribution is -2.48. The Bertz CT molecular complexity index is 621. The van der Waals surface area contributed by atoms with Crippen molar-refractivity contribution in [1.29, 1.82) is 0 Å². The standard InChI is InChI=1S/C23H41N3O/c1-21(2,3)18-17-14-16(25-10-12-27-13-11-25)15-26(17)20(23(7,8)9)24-19(18)22(4,5)6/h16,19H,10-15H2,1-9H3. The Morgan fingerprint density at radius 1 is 0.889 bits per heavy atom. The topological polar surface area (TPSA) is 28.1 Å². The molecule has 0 bridgehead atoms. The van der Waals surface area contributed by atoms with E-state index in [2.05, 4.69) is 72.1 Å². The second kappa shape index (κ2) is 6.88. The molecule has 3 heterocycles. The van der Waals surface area contributed by atoms with E-state index in [1.54, 1.807) is 11.3 Å². The fourth-order valence-electron chi connectivity index (χ4n) is 4.86. The number of aliphatic imine (C=N–C) groups is 1. The van der Waals surface area contributed by atoms with E-state index in [0.29, 0.717) is 6.04 Å². The van der Waals surface area contributed by atoms with Gasteiger partial charge in [-0.25, -0.2) is 0 Å². The van der Waals surface area contributed by atoms with Gasteiger partial charge in [-0.15, -0.1) is 0 Å². The lowest BCUT2D eigenvalue weighted by Gasteiger charge is -2.45. The van der Waals surface area contributed by atoms with Crippen molar-refractivity contribution in [2.75, 3.05) is 32.8 Å². The van der Waals surface area contributed by atoms with Crippen LogP contribution in [0.3, 0.4) is 0 Å². The summed E-state index contributed by atoms with van der Waals surface area (Å²) < 4.78 is 5.60. The molecule has 0 aromatic carbocycles. The molecule has 0 N–H and O–H groups in total. The summed E-state index contributed by atoms with van der Waals surface area (Å²) in [5.41, 5.74) is 3.41. The largest absolute Gasteiger partial charge is 0.379 e. The van der Waals surface area contributed by atoms with Crippen LogP contribution < -0.4 is 0 Å². The Labute approximate surface area is 167 Å². The Kier molecular flexibility index (Phi) is 5.31. The molecule has 3 aliphatic rings. The summed E-state index contributed by atoms with van der Waals surface area (Å²) in [6, 6.07) is 0.828. The smallest absolute Gasteiger partial charge is 0.109 e. The van der Waals surface area contributed by atoms with Gasteiger partial charge < -0.3 is 9.64 Å².